The van der Waals surface area contributed by atoms with Gasteiger partial charge in [-0.05, 0) is 47.2 Å². The molecule has 1 N–H and O–H groups in total. The van der Waals surface area contributed by atoms with Crippen molar-refractivity contribution in [2.75, 3.05) is 13.2 Å². The molecule has 6 nitrogen and oxygen atoms in total. The van der Waals surface area contributed by atoms with Gasteiger partial charge >= 0.3 is 0 Å². The number of nitrogens with zero attached hydrogens (tertiary/aromatic N) is 2. The SMILES string of the molecule is C[C@H](O)COCC(=O)c1nn(C)c(=O)c(Cl)c1Cc1ccc(I)cc1F. The average molecular weight is 495 g/mol. The number of carbonyl (C=O) groups excluding carboxylic acids is 1. The van der Waals surface area contributed by atoms with Crippen molar-refractivity contribution in [3.8, 4) is 0 Å². The van der Waals surface area contributed by atoms with Crippen LogP contribution in [-0.4, -0.2) is 40.0 Å². The van der Waals surface area contributed by atoms with E-state index in [9.17, 15) is 19.1 Å². The van der Waals surface area contributed by atoms with Crippen LogP contribution in [0.4, 0.5) is 4.39 Å². The van der Waals surface area contributed by atoms with E-state index < -0.39 is 23.3 Å². The van der Waals surface area contributed by atoms with Crippen LogP contribution in [0.2, 0.25) is 5.02 Å². The zero-order chi connectivity index (χ0) is 19.4. The molecule has 0 radical (unpaired) electrons. The van der Waals surface area contributed by atoms with Crippen LogP contribution in [0.1, 0.15) is 28.5 Å². The molecule has 26 heavy (non-hydrogen) atoms. The molecule has 2 aromatic rings. The van der Waals surface area contributed by atoms with Gasteiger partial charge in [0, 0.05) is 22.6 Å². The van der Waals surface area contributed by atoms with Crippen LogP contribution in [0.3, 0.4) is 0 Å². The van der Waals surface area contributed by atoms with Gasteiger partial charge in [-0.2, -0.15) is 5.10 Å². The Morgan fingerprint density at radius 1 is 1.50 bits per heavy atom. The number of aliphatic hydroxyl groups is 1. The fourth-order valence-corrected chi connectivity index (χ4v) is 2.99. The minimum atomic E-state index is -0.722. The van der Waals surface area contributed by atoms with Crippen molar-refractivity contribution in [2.24, 2.45) is 7.05 Å². The fourth-order valence-electron chi connectivity index (χ4n) is 2.26. The van der Waals surface area contributed by atoms with Gasteiger partial charge in [-0.3, -0.25) is 9.59 Å². The van der Waals surface area contributed by atoms with Gasteiger partial charge in [-0.1, -0.05) is 17.7 Å². The van der Waals surface area contributed by atoms with Crippen molar-refractivity contribution in [2.45, 2.75) is 19.4 Å². The Balaban J connectivity index is 2.41. The van der Waals surface area contributed by atoms with Gasteiger partial charge in [-0.25, -0.2) is 9.07 Å². The quantitative estimate of drug-likeness (QED) is 0.472. The van der Waals surface area contributed by atoms with Crippen LogP contribution in [0.15, 0.2) is 23.0 Å². The molecule has 0 fully saturated rings. The zero-order valence-corrected chi connectivity index (χ0v) is 17.0. The maximum atomic E-state index is 14.2. The lowest BCUT2D eigenvalue weighted by atomic mass is 10.0. The number of hydrogen-bond donors (Lipinski definition) is 1. The third kappa shape index (κ3) is 5.09. The summed E-state index contributed by atoms with van der Waals surface area (Å²) in [6, 6.07) is 4.64. The van der Waals surface area contributed by atoms with Crippen molar-refractivity contribution < 1.29 is 19.0 Å². The molecule has 0 saturated heterocycles. The standard InChI is InChI=1S/C17H17ClFIN2O4/c1-9(23)7-26-8-14(24)16-12(15(18)17(25)22(2)21-16)5-10-3-4-11(20)6-13(10)19/h3-4,6,9,23H,5,7-8H2,1-2H3/t9-/m0/s1. The van der Waals surface area contributed by atoms with Gasteiger partial charge in [-0.15, -0.1) is 0 Å². The number of aliphatic hydroxyl groups excluding tert-OH is 1. The molecule has 0 bridgehead atoms. The predicted octanol–water partition coefficient (Wildman–Crippen LogP) is 2.35. The molecule has 1 atom stereocenters. The van der Waals surface area contributed by atoms with Crippen molar-refractivity contribution >= 4 is 40.0 Å². The number of Topliss-reactive ketones (excluding diaryl/α,β-unsaturated/α-hetero) is 1. The summed E-state index contributed by atoms with van der Waals surface area (Å²) in [5, 5.41) is 13.0. The highest BCUT2D eigenvalue weighted by Gasteiger charge is 2.22. The first-order valence-electron chi connectivity index (χ1n) is 7.69. The summed E-state index contributed by atoms with van der Waals surface area (Å²) in [7, 11) is 1.37. The second-order valence-electron chi connectivity index (χ2n) is 5.77. The first kappa shape index (κ1) is 20.9. The molecule has 1 aromatic carbocycles. The van der Waals surface area contributed by atoms with Gasteiger partial charge in [0.1, 0.15) is 23.1 Å². The van der Waals surface area contributed by atoms with Crippen LogP contribution in [0.25, 0.3) is 0 Å². The summed E-state index contributed by atoms with van der Waals surface area (Å²) < 4.78 is 21.0. The molecule has 0 saturated carbocycles. The summed E-state index contributed by atoms with van der Waals surface area (Å²) in [5.74, 6) is -0.971. The molecule has 0 aliphatic carbocycles. The Bertz CT molecular complexity index is 886. The predicted molar refractivity (Wildman–Crippen MR) is 103 cm³/mol. The van der Waals surface area contributed by atoms with Gasteiger partial charge in [0.25, 0.3) is 5.56 Å². The number of aryl methyl sites for hydroxylation is 1. The Morgan fingerprint density at radius 2 is 2.19 bits per heavy atom. The summed E-state index contributed by atoms with van der Waals surface area (Å²) >= 11 is 8.12. The largest absolute Gasteiger partial charge is 0.391 e. The second-order valence-corrected chi connectivity index (χ2v) is 7.39. The van der Waals surface area contributed by atoms with E-state index in [4.69, 9.17) is 16.3 Å². The smallest absolute Gasteiger partial charge is 0.285 e. The summed E-state index contributed by atoms with van der Waals surface area (Å²) in [5.41, 5.74) is -0.184. The van der Waals surface area contributed by atoms with E-state index >= 15 is 0 Å². The Morgan fingerprint density at radius 3 is 2.81 bits per heavy atom. The average Bonchev–Trinajstić information content (AvgIpc) is 2.56. The highest BCUT2D eigenvalue weighted by atomic mass is 127. The molecular weight excluding hydrogens is 478 g/mol. The van der Waals surface area contributed by atoms with Crippen LogP contribution in [0, 0.1) is 9.39 Å². The van der Waals surface area contributed by atoms with Crippen LogP contribution in [-0.2, 0) is 18.2 Å². The first-order valence-corrected chi connectivity index (χ1v) is 9.15. The van der Waals surface area contributed by atoms with Gasteiger partial charge < -0.3 is 9.84 Å². The van der Waals surface area contributed by atoms with Crippen molar-refractivity contribution in [1.82, 2.24) is 9.78 Å². The number of aromatic nitrogens is 2. The summed E-state index contributed by atoms with van der Waals surface area (Å²) in [4.78, 5) is 24.5. The van der Waals surface area contributed by atoms with Crippen molar-refractivity contribution in [1.29, 1.82) is 0 Å². The minimum Gasteiger partial charge on any atom is -0.391 e. The van der Waals surface area contributed by atoms with E-state index in [1.807, 2.05) is 22.6 Å². The number of ketones is 1. The van der Waals surface area contributed by atoms with E-state index in [1.54, 1.807) is 12.1 Å². The molecule has 2 rings (SSSR count). The highest BCUT2D eigenvalue weighted by Crippen LogP contribution is 2.22. The minimum absolute atomic E-state index is 0.0215. The lowest BCUT2D eigenvalue weighted by Gasteiger charge is -2.13. The molecule has 0 aliphatic heterocycles. The molecular formula is C17H17ClFIN2O4. The van der Waals surface area contributed by atoms with Gasteiger partial charge in [0.15, 0.2) is 0 Å². The third-order valence-corrected chi connectivity index (χ3v) is 4.58. The fraction of sp³-hybridized carbons (Fsp3) is 0.353. The Kier molecular flexibility index (Phi) is 7.27. The third-order valence-electron chi connectivity index (χ3n) is 3.52. The molecule has 0 unspecified atom stereocenters. The maximum absolute atomic E-state index is 14.2. The molecule has 0 aliphatic rings. The zero-order valence-electron chi connectivity index (χ0n) is 14.1. The molecule has 1 heterocycles. The Labute approximate surface area is 168 Å². The lowest BCUT2D eigenvalue weighted by Crippen LogP contribution is -2.27. The number of ether oxygens (including phenoxy) is 1. The van der Waals surface area contributed by atoms with Gasteiger partial charge in [0.2, 0.25) is 5.78 Å². The number of benzene rings is 1. The highest BCUT2D eigenvalue weighted by molar-refractivity contribution is 14.1. The maximum Gasteiger partial charge on any atom is 0.285 e. The summed E-state index contributed by atoms with van der Waals surface area (Å²) in [6.45, 7) is 1.16. The lowest BCUT2D eigenvalue weighted by molar-refractivity contribution is 0.0420. The monoisotopic (exact) mass is 494 g/mol. The van der Waals surface area contributed by atoms with Crippen LogP contribution >= 0.6 is 34.2 Å². The molecule has 0 spiro atoms. The van der Waals surface area contributed by atoms with Crippen LogP contribution in [0.5, 0.6) is 0 Å². The van der Waals surface area contributed by atoms with Crippen LogP contribution < -0.4 is 5.56 Å². The van der Waals surface area contributed by atoms with E-state index in [2.05, 4.69) is 5.10 Å². The summed E-state index contributed by atoms with van der Waals surface area (Å²) in [6.07, 6.45) is -0.776. The number of rotatable bonds is 7. The van der Waals surface area contributed by atoms with E-state index in [0.717, 1.165) is 8.25 Å². The van der Waals surface area contributed by atoms with Gasteiger partial charge in [0.05, 0.1) is 12.7 Å². The Hall–Kier alpha value is -1.36. The normalized spacial score (nSPS) is 12.2. The second kappa shape index (κ2) is 9.03. The number of halogens is 3. The van der Waals surface area contributed by atoms with E-state index in [0.29, 0.717) is 5.56 Å². The topological polar surface area (TPSA) is 81.4 Å². The molecule has 140 valence electrons. The number of hydrogen-bond acceptors (Lipinski definition) is 5. The molecule has 1 aromatic heterocycles. The molecule has 0 amide bonds. The van der Waals surface area contributed by atoms with Crippen molar-refractivity contribution in [3.05, 3.63) is 59.8 Å². The molecule has 9 heteroatoms. The number of carbonyl (C=O) groups is 1. The van der Waals surface area contributed by atoms with Crippen molar-refractivity contribution in [3.63, 3.8) is 0 Å². The first-order chi connectivity index (χ1) is 12.2. The van der Waals surface area contributed by atoms with E-state index in [1.165, 1.54) is 20.0 Å². The van der Waals surface area contributed by atoms with E-state index in [-0.39, 0.29) is 35.9 Å².